The van der Waals surface area contributed by atoms with Gasteiger partial charge in [0.25, 0.3) is 0 Å². The summed E-state index contributed by atoms with van der Waals surface area (Å²) < 4.78 is 11.7. The van der Waals surface area contributed by atoms with Crippen molar-refractivity contribution in [3.63, 3.8) is 0 Å². The van der Waals surface area contributed by atoms with Gasteiger partial charge in [0.15, 0.2) is 0 Å². The molecule has 3 rings (SSSR count). The molecule has 1 aromatic rings. The van der Waals surface area contributed by atoms with Gasteiger partial charge in [-0.25, -0.2) is 0 Å². The molecule has 2 heterocycles. The van der Waals surface area contributed by atoms with Crippen LogP contribution in [0, 0.1) is 5.92 Å². The van der Waals surface area contributed by atoms with E-state index in [-0.39, 0.29) is 5.60 Å². The smallest absolute Gasteiger partial charge is 0.0894 e. The van der Waals surface area contributed by atoms with E-state index in [9.17, 15) is 0 Å². The van der Waals surface area contributed by atoms with Crippen molar-refractivity contribution in [2.24, 2.45) is 5.92 Å². The Bertz CT molecular complexity index is 412. The Hall–Kier alpha value is -1.12. The highest BCUT2D eigenvalue weighted by molar-refractivity contribution is 5.18. The van der Waals surface area contributed by atoms with E-state index in [1.807, 2.05) is 18.2 Å². The maximum atomic E-state index is 5.88. The Morgan fingerprint density at radius 2 is 2.18 bits per heavy atom. The molecule has 1 aromatic carbocycles. The van der Waals surface area contributed by atoms with Gasteiger partial charge >= 0.3 is 0 Å². The second kappa shape index (κ2) is 4.28. The van der Waals surface area contributed by atoms with Gasteiger partial charge in [-0.1, -0.05) is 42.5 Å². The molecule has 0 amide bonds. The van der Waals surface area contributed by atoms with Gasteiger partial charge in [0, 0.05) is 5.92 Å². The maximum Gasteiger partial charge on any atom is 0.0894 e. The van der Waals surface area contributed by atoms with Gasteiger partial charge in [-0.2, -0.15) is 0 Å². The summed E-state index contributed by atoms with van der Waals surface area (Å²) in [5, 5.41) is 0. The molecule has 0 N–H and O–H groups in total. The van der Waals surface area contributed by atoms with Crippen molar-refractivity contribution < 1.29 is 9.47 Å². The van der Waals surface area contributed by atoms with E-state index in [1.54, 1.807) is 0 Å². The van der Waals surface area contributed by atoms with Crippen LogP contribution in [-0.4, -0.2) is 18.3 Å². The van der Waals surface area contributed by atoms with E-state index < -0.39 is 0 Å². The summed E-state index contributed by atoms with van der Waals surface area (Å²) in [4.78, 5) is 0. The normalized spacial score (nSPS) is 34.4. The van der Waals surface area contributed by atoms with Crippen LogP contribution in [0.3, 0.4) is 0 Å². The Labute approximate surface area is 102 Å². The lowest BCUT2D eigenvalue weighted by molar-refractivity contribution is -0.00308. The molecule has 3 atom stereocenters. The van der Waals surface area contributed by atoms with Gasteiger partial charge in [-0.05, 0) is 18.9 Å². The number of hydrogen-bond acceptors (Lipinski definition) is 2. The number of fused-ring (bicyclic) bond motifs is 2. The lowest BCUT2D eigenvalue weighted by Gasteiger charge is -2.25. The first kappa shape index (κ1) is 11.0. The summed E-state index contributed by atoms with van der Waals surface area (Å²) in [6.45, 7) is 3.64. The molecule has 0 spiro atoms. The monoisotopic (exact) mass is 230 g/mol. The van der Waals surface area contributed by atoms with Crippen LogP contribution < -0.4 is 0 Å². The second-order valence-corrected chi connectivity index (χ2v) is 5.13. The third kappa shape index (κ3) is 2.15. The van der Waals surface area contributed by atoms with Crippen molar-refractivity contribution >= 4 is 0 Å². The highest BCUT2D eigenvalue weighted by Crippen LogP contribution is 2.42. The number of ether oxygens (including phenoxy) is 2. The molecule has 0 saturated carbocycles. The average molecular weight is 230 g/mol. The zero-order valence-electron chi connectivity index (χ0n) is 10.1. The first-order valence-corrected chi connectivity index (χ1v) is 6.25. The average Bonchev–Trinajstić information content (AvgIpc) is 2.86. The third-order valence-corrected chi connectivity index (χ3v) is 3.81. The highest BCUT2D eigenvalue weighted by Gasteiger charge is 2.46. The third-order valence-electron chi connectivity index (χ3n) is 3.81. The minimum atomic E-state index is -0.0820. The predicted molar refractivity (Wildman–Crippen MR) is 66.6 cm³/mol. The van der Waals surface area contributed by atoms with Crippen LogP contribution in [0.1, 0.15) is 18.9 Å². The molecular weight excluding hydrogens is 212 g/mol. The first-order chi connectivity index (χ1) is 8.26. The van der Waals surface area contributed by atoms with Crippen LogP contribution in [0.2, 0.25) is 0 Å². The predicted octanol–water partition coefficient (Wildman–Crippen LogP) is 2.94. The first-order valence-electron chi connectivity index (χ1n) is 6.25. The zero-order chi connectivity index (χ0) is 11.7. The molecule has 2 heteroatoms. The van der Waals surface area contributed by atoms with Gasteiger partial charge < -0.3 is 9.47 Å². The summed E-state index contributed by atoms with van der Waals surface area (Å²) in [7, 11) is 0. The Morgan fingerprint density at radius 3 is 2.82 bits per heavy atom. The Balaban J connectivity index is 1.51. The molecule has 1 saturated heterocycles. The standard InChI is InChI=1S/C15H18O2/c1-15-8-7-14(17-15)9-13(15)11-16-10-12-5-3-2-4-6-12/h2-8,13-14H,9-11H2,1H3/t13-,14+,15-/m0/s1. The lowest BCUT2D eigenvalue weighted by Crippen LogP contribution is -2.31. The Morgan fingerprint density at radius 1 is 1.35 bits per heavy atom. The molecule has 90 valence electrons. The van der Waals surface area contributed by atoms with Gasteiger partial charge in [0.05, 0.1) is 24.9 Å². The van der Waals surface area contributed by atoms with Crippen molar-refractivity contribution in [3.8, 4) is 0 Å². The van der Waals surface area contributed by atoms with Crippen molar-refractivity contribution in [1.82, 2.24) is 0 Å². The lowest BCUT2D eigenvalue weighted by atomic mass is 9.85. The highest BCUT2D eigenvalue weighted by atomic mass is 16.5. The van der Waals surface area contributed by atoms with Crippen LogP contribution >= 0.6 is 0 Å². The fraction of sp³-hybridized carbons (Fsp3) is 0.467. The topological polar surface area (TPSA) is 18.5 Å². The minimum absolute atomic E-state index is 0.0820. The van der Waals surface area contributed by atoms with Crippen LogP contribution in [0.5, 0.6) is 0 Å². The molecule has 1 fully saturated rings. The van der Waals surface area contributed by atoms with E-state index in [2.05, 4.69) is 31.2 Å². The summed E-state index contributed by atoms with van der Waals surface area (Å²) in [5.74, 6) is 0.501. The molecule has 0 aliphatic carbocycles. The van der Waals surface area contributed by atoms with Crippen LogP contribution in [-0.2, 0) is 16.1 Å². The van der Waals surface area contributed by atoms with Crippen LogP contribution in [0.15, 0.2) is 42.5 Å². The quantitative estimate of drug-likeness (QED) is 0.740. The van der Waals surface area contributed by atoms with Gasteiger partial charge in [-0.3, -0.25) is 0 Å². The molecule has 2 aliphatic heterocycles. The number of hydrogen-bond donors (Lipinski definition) is 0. The molecular formula is C15H18O2. The zero-order valence-corrected chi connectivity index (χ0v) is 10.1. The fourth-order valence-corrected chi connectivity index (χ4v) is 2.70. The molecule has 2 aliphatic rings. The molecule has 0 aromatic heterocycles. The summed E-state index contributed by atoms with van der Waals surface area (Å²) >= 11 is 0. The molecule has 0 unspecified atom stereocenters. The van der Waals surface area contributed by atoms with Crippen LogP contribution in [0.4, 0.5) is 0 Å². The van der Waals surface area contributed by atoms with E-state index in [0.717, 1.165) is 13.0 Å². The SMILES string of the molecule is C[C@]12C=C[C@H](C[C@H]1COCc1ccccc1)O2. The van der Waals surface area contributed by atoms with E-state index in [0.29, 0.717) is 18.6 Å². The Kier molecular flexibility index (Phi) is 2.77. The molecule has 0 radical (unpaired) electrons. The largest absolute Gasteiger partial charge is 0.376 e. The van der Waals surface area contributed by atoms with Gasteiger partial charge in [0.2, 0.25) is 0 Å². The molecule has 17 heavy (non-hydrogen) atoms. The summed E-state index contributed by atoms with van der Waals surface area (Å²) in [6, 6.07) is 10.3. The fourth-order valence-electron chi connectivity index (χ4n) is 2.70. The minimum Gasteiger partial charge on any atom is -0.376 e. The molecule has 2 nitrogen and oxygen atoms in total. The second-order valence-electron chi connectivity index (χ2n) is 5.13. The van der Waals surface area contributed by atoms with Gasteiger partial charge in [0.1, 0.15) is 0 Å². The van der Waals surface area contributed by atoms with E-state index >= 15 is 0 Å². The van der Waals surface area contributed by atoms with E-state index in [4.69, 9.17) is 9.47 Å². The summed E-state index contributed by atoms with van der Waals surface area (Å²) in [6.07, 6.45) is 5.79. The number of rotatable bonds is 4. The van der Waals surface area contributed by atoms with Crippen LogP contribution in [0.25, 0.3) is 0 Å². The van der Waals surface area contributed by atoms with Gasteiger partial charge in [-0.15, -0.1) is 0 Å². The van der Waals surface area contributed by atoms with Crippen molar-refractivity contribution in [2.75, 3.05) is 6.61 Å². The van der Waals surface area contributed by atoms with E-state index in [1.165, 1.54) is 5.56 Å². The summed E-state index contributed by atoms with van der Waals surface area (Å²) in [5.41, 5.74) is 1.15. The molecule has 2 bridgehead atoms. The maximum absolute atomic E-state index is 5.88. The van der Waals surface area contributed by atoms with Crippen molar-refractivity contribution in [3.05, 3.63) is 48.0 Å². The van der Waals surface area contributed by atoms with Crippen molar-refractivity contribution in [1.29, 1.82) is 0 Å². The number of benzene rings is 1. The van der Waals surface area contributed by atoms with Crippen molar-refractivity contribution in [2.45, 2.75) is 31.7 Å².